The van der Waals surface area contributed by atoms with E-state index in [1.807, 2.05) is 0 Å². The summed E-state index contributed by atoms with van der Waals surface area (Å²) in [7, 11) is 0. The summed E-state index contributed by atoms with van der Waals surface area (Å²) in [5.74, 6) is 0. The Hall–Kier alpha value is -3.96. The van der Waals surface area contributed by atoms with Crippen LogP contribution in [0.5, 0.6) is 0 Å². The zero-order chi connectivity index (χ0) is 25.2. The lowest BCUT2D eigenvalue weighted by Gasteiger charge is -2.12. The number of aromatic amines is 4. The molecule has 0 spiro atoms. The highest BCUT2D eigenvalue weighted by molar-refractivity contribution is 5.95. The number of fused-ring (bicyclic) bond motifs is 11. The highest BCUT2D eigenvalue weighted by Crippen LogP contribution is 2.24. The van der Waals surface area contributed by atoms with Crippen molar-refractivity contribution in [3.05, 3.63) is 104 Å². The average Bonchev–Trinajstić information content (AvgIpc) is 3.68. The van der Waals surface area contributed by atoms with E-state index in [9.17, 15) is 0 Å². The van der Waals surface area contributed by atoms with Crippen LogP contribution in [0.1, 0.15) is 74.0 Å². The Morgan fingerprint density at radius 3 is 2.14 bits per heavy atom. The van der Waals surface area contributed by atoms with E-state index >= 15 is 0 Å². The summed E-state index contributed by atoms with van der Waals surface area (Å²) in [5.41, 5.74) is 5.45. The lowest BCUT2D eigenvalue weighted by molar-refractivity contribution is 0.0623. The zero-order valence-electron chi connectivity index (χ0n) is 21.5. The predicted molar refractivity (Wildman–Crippen MR) is 152 cm³/mol. The molecule has 5 nitrogen and oxygen atoms in total. The molecule has 5 heterocycles. The van der Waals surface area contributed by atoms with E-state index in [-0.39, 0.29) is 6.10 Å². The van der Waals surface area contributed by atoms with Crippen LogP contribution in [0.15, 0.2) is 54.6 Å². The van der Waals surface area contributed by atoms with Crippen molar-refractivity contribution in [2.24, 2.45) is 0 Å². The van der Waals surface area contributed by atoms with E-state index in [1.54, 1.807) is 0 Å². The largest absolute Gasteiger partial charge is 0.374 e. The highest BCUT2D eigenvalue weighted by Gasteiger charge is 2.12. The third kappa shape index (κ3) is 5.00. The number of nitrogens with one attached hydrogen (secondary N) is 4. The molecule has 1 unspecified atom stereocenters. The molecule has 4 N–H and O–H groups in total. The van der Waals surface area contributed by atoms with Gasteiger partial charge in [0.25, 0.3) is 0 Å². The average molecular weight is 491 g/mol. The van der Waals surface area contributed by atoms with Gasteiger partial charge < -0.3 is 24.7 Å². The van der Waals surface area contributed by atoms with Gasteiger partial charge >= 0.3 is 0 Å². The zero-order valence-corrected chi connectivity index (χ0v) is 21.5. The Morgan fingerprint density at radius 2 is 1.38 bits per heavy atom. The molecule has 0 amide bonds. The van der Waals surface area contributed by atoms with Crippen LogP contribution in [0, 0.1) is 0 Å². The summed E-state index contributed by atoms with van der Waals surface area (Å²) in [6.45, 7) is 5.17. The van der Waals surface area contributed by atoms with Crippen LogP contribution in [0.2, 0.25) is 0 Å². The fourth-order valence-electron chi connectivity index (χ4n) is 5.21. The summed E-state index contributed by atoms with van der Waals surface area (Å²) in [5, 5.41) is 6.63. The lowest BCUT2D eigenvalue weighted by Crippen LogP contribution is -2.15. The third-order valence-corrected chi connectivity index (χ3v) is 7.15. The normalized spacial score (nSPS) is 13.5. The summed E-state index contributed by atoms with van der Waals surface area (Å²) in [4.78, 5) is 14.4. The first kappa shape index (κ1) is 23.4. The van der Waals surface area contributed by atoms with Crippen molar-refractivity contribution in [1.29, 1.82) is 0 Å². The molecule has 0 saturated carbocycles. The molecule has 0 saturated heterocycles. The molecular formula is C32H34N4O. The maximum absolute atomic E-state index is 6.31. The summed E-state index contributed by atoms with van der Waals surface area (Å²) in [6.07, 6.45) is 13.5. The molecule has 0 radical (unpaired) electrons. The quantitative estimate of drug-likeness (QED) is 0.246. The second kappa shape index (κ2) is 10.2. The van der Waals surface area contributed by atoms with Crippen molar-refractivity contribution in [3.8, 4) is 0 Å². The Bertz CT molecular complexity index is 1780. The second-order valence-corrected chi connectivity index (χ2v) is 9.98. The van der Waals surface area contributed by atoms with Gasteiger partial charge in [0, 0.05) is 67.1 Å². The minimum absolute atomic E-state index is 0.00909. The maximum atomic E-state index is 6.31. The van der Waals surface area contributed by atoms with Gasteiger partial charge in [0.1, 0.15) is 0 Å². The number of aromatic nitrogens is 4. The van der Waals surface area contributed by atoms with Crippen molar-refractivity contribution in [1.82, 2.24) is 19.9 Å². The van der Waals surface area contributed by atoms with Crippen molar-refractivity contribution >= 4 is 35.1 Å². The summed E-state index contributed by atoms with van der Waals surface area (Å²) >= 11 is 0. The third-order valence-electron chi connectivity index (χ3n) is 7.15. The fraction of sp³-hybridized carbons (Fsp3) is 0.250. The number of benzene rings is 1. The molecule has 1 aliphatic heterocycles. The van der Waals surface area contributed by atoms with Crippen molar-refractivity contribution < 1.29 is 4.74 Å². The molecule has 188 valence electrons. The smallest absolute Gasteiger partial charge is 0.0817 e. The molecule has 1 aliphatic rings. The number of rotatable bonds is 7. The number of hydrogen-bond acceptors (Lipinski definition) is 1. The van der Waals surface area contributed by atoms with Crippen molar-refractivity contribution in [2.45, 2.75) is 45.6 Å². The van der Waals surface area contributed by atoms with E-state index in [2.05, 4.69) is 113 Å². The first-order chi connectivity index (χ1) is 18.2. The van der Waals surface area contributed by atoms with Crippen LogP contribution < -0.4 is 21.4 Å². The van der Waals surface area contributed by atoms with Gasteiger partial charge in [-0.3, -0.25) is 0 Å². The molecule has 1 aromatic carbocycles. The van der Waals surface area contributed by atoms with Gasteiger partial charge in [-0.05, 0) is 68.0 Å². The predicted octanol–water partition coefficient (Wildman–Crippen LogP) is 4.44. The van der Waals surface area contributed by atoms with E-state index < -0.39 is 0 Å². The first-order valence-corrected chi connectivity index (χ1v) is 13.4. The van der Waals surface area contributed by atoms with Gasteiger partial charge in [0.05, 0.1) is 6.10 Å². The number of hydrogen-bond donors (Lipinski definition) is 4. The molecule has 5 heteroatoms. The van der Waals surface area contributed by atoms with Crippen LogP contribution in [0.25, 0.3) is 35.1 Å². The molecule has 4 aromatic heterocycles. The van der Waals surface area contributed by atoms with Crippen LogP contribution in [0.4, 0.5) is 0 Å². The fourth-order valence-corrected chi connectivity index (χ4v) is 5.21. The van der Waals surface area contributed by atoms with Gasteiger partial charge in [-0.2, -0.15) is 0 Å². The SMILES string of the molecule is CCCCCCOC(C)c1cc2[nH]c1=Cc1[nH]c(c3ccccc13)C=c1ccc([nH]1)=Cc1ccc([nH]1)C=2. The topological polar surface area (TPSA) is 72.4 Å². The minimum atomic E-state index is -0.00909. The monoisotopic (exact) mass is 490 g/mol. The Morgan fingerprint density at radius 1 is 0.676 bits per heavy atom. The van der Waals surface area contributed by atoms with Crippen LogP contribution in [-0.2, 0) is 4.74 Å². The molecule has 0 aliphatic carbocycles. The van der Waals surface area contributed by atoms with Crippen LogP contribution >= 0.6 is 0 Å². The van der Waals surface area contributed by atoms with Gasteiger partial charge in [-0.1, -0.05) is 50.5 Å². The van der Waals surface area contributed by atoms with Crippen LogP contribution in [-0.4, -0.2) is 26.5 Å². The Labute approximate surface area is 216 Å². The lowest BCUT2D eigenvalue weighted by atomic mass is 10.1. The second-order valence-electron chi connectivity index (χ2n) is 9.98. The van der Waals surface area contributed by atoms with Gasteiger partial charge in [0.2, 0.25) is 0 Å². The van der Waals surface area contributed by atoms with Crippen molar-refractivity contribution in [2.75, 3.05) is 6.61 Å². The molecule has 37 heavy (non-hydrogen) atoms. The maximum Gasteiger partial charge on any atom is 0.0817 e. The Balaban J connectivity index is 1.52. The summed E-state index contributed by atoms with van der Waals surface area (Å²) in [6, 6.07) is 19.2. The van der Waals surface area contributed by atoms with E-state index in [4.69, 9.17) is 4.74 Å². The number of H-pyrrole nitrogens is 4. The standard InChI is InChI=1S/C32H34N4O/c1-3-4-5-8-15-37-21(2)29-18-26-17-24-12-11-22(33-24)16-23-13-14-25(34-23)19-30-27-9-6-7-10-28(27)31(36-30)20-32(29)35-26/h6-7,9-14,16-21,33-36H,3-5,8,15H2,1-2H3. The summed E-state index contributed by atoms with van der Waals surface area (Å²) < 4.78 is 6.31. The molecule has 5 aromatic rings. The van der Waals surface area contributed by atoms with Crippen LogP contribution in [0.3, 0.4) is 0 Å². The van der Waals surface area contributed by atoms with E-state index in [0.29, 0.717) is 0 Å². The van der Waals surface area contributed by atoms with Gasteiger partial charge in [-0.15, -0.1) is 0 Å². The Kier molecular flexibility index (Phi) is 6.46. The first-order valence-electron chi connectivity index (χ1n) is 13.4. The molecule has 0 fully saturated rings. The van der Waals surface area contributed by atoms with E-state index in [1.165, 1.54) is 35.6 Å². The number of ether oxygens (including phenoxy) is 1. The molecular weight excluding hydrogens is 456 g/mol. The van der Waals surface area contributed by atoms with Gasteiger partial charge in [-0.25, -0.2) is 0 Å². The van der Waals surface area contributed by atoms with Crippen molar-refractivity contribution in [3.63, 3.8) is 0 Å². The highest BCUT2D eigenvalue weighted by atomic mass is 16.5. The minimum Gasteiger partial charge on any atom is -0.374 e. The number of unbranched alkanes of at least 4 members (excludes halogenated alkanes) is 3. The molecule has 6 rings (SSSR count). The molecule has 8 bridgehead atoms. The van der Waals surface area contributed by atoms with E-state index in [0.717, 1.165) is 57.2 Å². The van der Waals surface area contributed by atoms with Gasteiger partial charge in [0.15, 0.2) is 0 Å². The molecule has 1 atom stereocenters.